The molecule has 8 nitrogen and oxygen atoms in total. The van der Waals surface area contributed by atoms with E-state index in [1.54, 1.807) is 27.7 Å². The fourth-order valence-electron chi connectivity index (χ4n) is 1.63. The van der Waals surface area contributed by atoms with Crippen molar-refractivity contribution in [1.29, 1.82) is 0 Å². The Balaban J connectivity index is 3.02. The first-order chi connectivity index (χ1) is 11.1. The molecule has 0 aliphatic heterocycles. The molecule has 8 heteroatoms. The number of nitrogens with zero attached hydrogens (tertiary/aromatic N) is 1. The minimum absolute atomic E-state index is 0.0888. The highest BCUT2D eigenvalue weighted by atomic mass is 16.6. The lowest BCUT2D eigenvalue weighted by molar-refractivity contribution is -0.142. The predicted molar refractivity (Wildman–Crippen MR) is 85.5 cm³/mol. The van der Waals surface area contributed by atoms with Gasteiger partial charge in [-0.3, -0.25) is 10.1 Å². The molecule has 1 heterocycles. The van der Waals surface area contributed by atoms with Gasteiger partial charge in [0.05, 0.1) is 18.0 Å². The Labute approximate surface area is 140 Å². The maximum Gasteiger partial charge on any atom is 0.412 e. The smallest absolute Gasteiger partial charge is 0.412 e. The normalized spacial score (nSPS) is 10.7. The lowest BCUT2D eigenvalue weighted by Gasteiger charge is -2.20. The zero-order valence-electron chi connectivity index (χ0n) is 14.5. The number of hydrogen-bond acceptors (Lipinski definition) is 7. The zero-order valence-corrected chi connectivity index (χ0v) is 14.5. The van der Waals surface area contributed by atoms with Crippen LogP contribution in [0.1, 0.15) is 50.8 Å². The third-order valence-corrected chi connectivity index (χ3v) is 2.48. The Morgan fingerprint density at radius 1 is 1.17 bits per heavy atom. The number of carbonyl (C=O) groups is 3. The molecule has 0 aromatic carbocycles. The van der Waals surface area contributed by atoms with E-state index in [-0.39, 0.29) is 24.6 Å². The molecule has 1 amide bonds. The Bertz CT molecular complexity index is 621. The molecule has 1 aromatic rings. The number of pyridine rings is 1. The van der Waals surface area contributed by atoms with Crippen LogP contribution in [0.3, 0.4) is 0 Å². The van der Waals surface area contributed by atoms with Crippen LogP contribution in [0.4, 0.5) is 10.5 Å². The molecular weight excluding hydrogens is 316 g/mol. The quantitative estimate of drug-likeness (QED) is 0.650. The van der Waals surface area contributed by atoms with Gasteiger partial charge in [0.15, 0.2) is 5.69 Å². The van der Waals surface area contributed by atoms with E-state index in [0.717, 1.165) is 0 Å². The van der Waals surface area contributed by atoms with Crippen molar-refractivity contribution in [2.24, 2.45) is 0 Å². The first-order valence-electron chi connectivity index (χ1n) is 7.42. The van der Waals surface area contributed by atoms with Gasteiger partial charge in [0.25, 0.3) is 0 Å². The molecule has 1 aromatic heterocycles. The molecule has 1 rings (SSSR count). The van der Waals surface area contributed by atoms with Gasteiger partial charge in [-0.15, -0.1) is 0 Å². The van der Waals surface area contributed by atoms with Crippen LogP contribution >= 0.6 is 0 Å². The summed E-state index contributed by atoms with van der Waals surface area (Å²) in [4.78, 5) is 38.9. The Hall–Kier alpha value is -2.64. The Morgan fingerprint density at radius 3 is 2.38 bits per heavy atom. The van der Waals surface area contributed by atoms with Gasteiger partial charge in [-0.25, -0.2) is 14.6 Å². The number of amides is 1. The molecule has 0 unspecified atom stereocenters. The van der Waals surface area contributed by atoms with Crippen molar-refractivity contribution in [3.63, 3.8) is 0 Å². The van der Waals surface area contributed by atoms with Gasteiger partial charge in [0, 0.05) is 6.92 Å². The third kappa shape index (κ3) is 6.64. The molecular formula is C16H22N2O6. The average Bonchev–Trinajstić information content (AvgIpc) is 2.44. The monoisotopic (exact) mass is 338 g/mol. The van der Waals surface area contributed by atoms with E-state index in [1.165, 1.54) is 19.1 Å². The second-order valence-corrected chi connectivity index (χ2v) is 5.83. The highest BCUT2D eigenvalue weighted by Gasteiger charge is 2.21. The van der Waals surface area contributed by atoms with Crippen LogP contribution in [0.5, 0.6) is 0 Å². The Kier molecular flexibility index (Phi) is 6.69. The van der Waals surface area contributed by atoms with Crippen LogP contribution in [0.2, 0.25) is 0 Å². The third-order valence-electron chi connectivity index (χ3n) is 2.48. The van der Waals surface area contributed by atoms with Crippen molar-refractivity contribution < 1.29 is 28.6 Å². The summed E-state index contributed by atoms with van der Waals surface area (Å²) >= 11 is 0. The second kappa shape index (κ2) is 8.28. The summed E-state index contributed by atoms with van der Waals surface area (Å²) < 4.78 is 14.9. The van der Waals surface area contributed by atoms with E-state index in [4.69, 9.17) is 14.2 Å². The van der Waals surface area contributed by atoms with Crippen LogP contribution in [-0.2, 0) is 25.6 Å². The minimum atomic E-state index is -0.720. The van der Waals surface area contributed by atoms with Crippen LogP contribution in [0.15, 0.2) is 12.1 Å². The van der Waals surface area contributed by atoms with Crippen LogP contribution in [0, 0.1) is 0 Å². The van der Waals surface area contributed by atoms with E-state index in [9.17, 15) is 14.4 Å². The fraction of sp³-hybridized carbons (Fsp3) is 0.500. The average molecular weight is 338 g/mol. The first-order valence-corrected chi connectivity index (χ1v) is 7.42. The van der Waals surface area contributed by atoms with Gasteiger partial charge in [0.1, 0.15) is 12.2 Å². The highest BCUT2D eigenvalue weighted by Crippen LogP contribution is 2.18. The summed E-state index contributed by atoms with van der Waals surface area (Å²) in [6.07, 6.45) is -0.720. The molecule has 0 radical (unpaired) electrons. The minimum Gasteiger partial charge on any atom is -0.461 e. The second-order valence-electron chi connectivity index (χ2n) is 5.83. The van der Waals surface area contributed by atoms with Crippen LogP contribution in [0.25, 0.3) is 0 Å². The number of esters is 2. The van der Waals surface area contributed by atoms with Gasteiger partial charge in [-0.05, 0) is 39.8 Å². The van der Waals surface area contributed by atoms with E-state index < -0.39 is 23.6 Å². The van der Waals surface area contributed by atoms with E-state index in [2.05, 4.69) is 10.3 Å². The SMILES string of the molecule is CCOC(=O)c1nc(COC(C)=O)ccc1NC(=O)OC(C)(C)C. The van der Waals surface area contributed by atoms with Crippen molar-refractivity contribution in [2.45, 2.75) is 46.8 Å². The largest absolute Gasteiger partial charge is 0.461 e. The summed E-state index contributed by atoms with van der Waals surface area (Å²) in [5.74, 6) is -1.17. The summed E-state index contributed by atoms with van der Waals surface area (Å²) in [5.41, 5.74) is -0.277. The summed E-state index contributed by atoms with van der Waals surface area (Å²) in [5, 5.41) is 2.47. The number of hydrogen-bond donors (Lipinski definition) is 1. The molecule has 0 aliphatic rings. The van der Waals surface area contributed by atoms with Gasteiger partial charge in [-0.2, -0.15) is 0 Å². The number of ether oxygens (including phenoxy) is 3. The molecule has 0 fully saturated rings. The zero-order chi connectivity index (χ0) is 18.3. The number of carbonyl (C=O) groups excluding carboxylic acids is 3. The molecule has 0 saturated heterocycles. The molecule has 24 heavy (non-hydrogen) atoms. The van der Waals surface area contributed by atoms with Crippen LogP contribution in [-0.4, -0.2) is 35.2 Å². The van der Waals surface area contributed by atoms with E-state index in [1.807, 2.05) is 0 Å². The standard InChI is InChI=1S/C16H22N2O6/c1-6-22-14(20)13-12(18-15(21)24-16(3,4)5)8-7-11(17-13)9-23-10(2)19/h7-8H,6,9H2,1-5H3,(H,18,21). The van der Waals surface area contributed by atoms with Crippen molar-refractivity contribution >= 4 is 23.7 Å². The lowest BCUT2D eigenvalue weighted by Crippen LogP contribution is -2.28. The first kappa shape index (κ1) is 19.4. The molecule has 0 atom stereocenters. The number of rotatable bonds is 5. The van der Waals surface area contributed by atoms with E-state index >= 15 is 0 Å². The number of aromatic nitrogens is 1. The lowest BCUT2D eigenvalue weighted by atomic mass is 10.2. The molecule has 0 aliphatic carbocycles. The molecule has 0 bridgehead atoms. The summed E-state index contributed by atoms with van der Waals surface area (Å²) in [6, 6.07) is 3.00. The maximum absolute atomic E-state index is 12.0. The maximum atomic E-state index is 12.0. The van der Waals surface area contributed by atoms with Gasteiger partial charge < -0.3 is 14.2 Å². The molecule has 0 saturated carbocycles. The van der Waals surface area contributed by atoms with E-state index in [0.29, 0.717) is 5.69 Å². The molecule has 0 spiro atoms. The van der Waals surface area contributed by atoms with Crippen molar-refractivity contribution in [3.05, 3.63) is 23.5 Å². The van der Waals surface area contributed by atoms with Gasteiger partial charge >= 0.3 is 18.0 Å². The van der Waals surface area contributed by atoms with Crippen LogP contribution < -0.4 is 5.32 Å². The molecule has 1 N–H and O–H groups in total. The number of nitrogens with one attached hydrogen (secondary N) is 1. The predicted octanol–water partition coefficient (Wildman–Crippen LogP) is 2.67. The molecule has 132 valence electrons. The topological polar surface area (TPSA) is 104 Å². The van der Waals surface area contributed by atoms with Gasteiger partial charge in [0.2, 0.25) is 0 Å². The van der Waals surface area contributed by atoms with Crippen molar-refractivity contribution in [2.75, 3.05) is 11.9 Å². The van der Waals surface area contributed by atoms with Crippen molar-refractivity contribution in [3.8, 4) is 0 Å². The summed E-state index contributed by atoms with van der Waals surface area (Å²) in [7, 11) is 0. The van der Waals surface area contributed by atoms with Gasteiger partial charge in [-0.1, -0.05) is 0 Å². The highest BCUT2D eigenvalue weighted by molar-refractivity contribution is 5.98. The van der Waals surface area contributed by atoms with Crippen molar-refractivity contribution in [1.82, 2.24) is 4.98 Å². The number of anilines is 1. The summed E-state index contributed by atoms with van der Waals surface area (Å²) in [6.45, 7) is 8.15. The fourth-order valence-corrected chi connectivity index (χ4v) is 1.63. The Morgan fingerprint density at radius 2 is 1.83 bits per heavy atom.